The number of halogens is 1. The van der Waals surface area contributed by atoms with Gasteiger partial charge in [0.15, 0.2) is 0 Å². The van der Waals surface area contributed by atoms with Crippen LogP contribution >= 0.6 is 22.9 Å². The smallest absolute Gasteiger partial charge is 0.221 e. The summed E-state index contributed by atoms with van der Waals surface area (Å²) < 4.78 is 6.69. The van der Waals surface area contributed by atoms with E-state index in [4.69, 9.17) is 16.3 Å². The third-order valence-electron chi connectivity index (χ3n) is 2.95. The number of rotatable bonds is 4. The van der Waals surface area contributed by atoms with Crippen LogP contribution in [-0.2, 0) is 11.4 Å². The van der Waals surface area contributed by atoms with E-state index in [9.17, 15) is 4.79 Å². The van der Waals surface area contributed by atoms with E-state index in [1.807, 2.05) is 30.3 Å². The number of amides is 1. The first-order valence-corrected chi connectivity index (χ1v) is 7.85. The van der Waals surface area contributed by atoms with Crippen molar-refractivity contribution >= 4 is 44.7 Å². The normalized spacial score (nSPS) is 10.6. The third-order valence-corrected chi connectivity index (χ3v) is 4.45. The lowest BCUT2D eigenvalue weighted by Gasteiger charge is -2.05. The Bertz CT molecular complexity index is 815. The molecule has 3 aromatic rings. The molecule has 4 nitrogen and oxygen atoms in total. The summed E-state index contributed by atoms with van der Waals surface area (Å²) in [6, 6.07) is 12.9. The number of nitrogens with one attached hydrogen (secondary N) is 1. The molecule has 1 N–H and O–H groups in total. The maximum absolute atomic E-state index is 11.0. The molecule has 0 atom stereocenters. The molecule has 2 aromatic carbocycles. The number of ether oxygens (including phenoxy) is 1. The van der Waals surface area contributed by atoms with E-state index in [1.165, 1.54) is 18.3 Å². The zero-order valence-corrected chi connectivity index (χ0v) is 13.4. The molecule has 0 saturated carbocycles. The van der Waals surface area contributed by atoms with Gasteiger partial charge in [-0.1, -0.05) is 17.7 Å². The first kappa shape index (κ1) is 14.8. The zero-order valence-electron chi connectivity index (χ0n) is 11.8. The molecule has 0 saturated heterocycles. The second kappa shape index (κ2) is 6.34. The summed E-state index contributed by atoms with van der Waals surface area (Å²) in [5, 5.41) is 4.29. The molecule has 112 valence electrons. The van der Waals surface area contributed by atoms with E-state index in [2.05, 4.69) is 10.3 Å². The van der Waals surface area contributed by atoms with E-state index in [0.29, 0.717) is 11.6 Å². The average Bonchev–Trinajstić information content (AvgIpc) is 2.90. The molecule has 0 aliphatic rings. The Morgan fingerprint density at radius 3 is 2.73 bits per heavy atom. The summed E-state index contributed by atoms with van der Waals surface area (Å²) in [4.78, 5) is 15.5. The molecule has 0 radical (unpaired) electrons. The van der Waals surface area contributed by atoms with Crippen LogP contribution < -0.4 is 10.1 Å². The molecule has 6 heteroatoms. The number of nitrogens with zero attached hydrogens (tertiary/aromatic N) is 1. The Morgan fingerprint density at radius 2 is 2.05 bits per heavy atom. The lowest BCUT2D eigenvalue weighted by Crippen LogP contribution is -2.05. The minimum atomic E-state index is -0.0972. The van der Waals surface area contributed by atoms with E-state index >= 15 is 0 Å². The molecule has 0 unspecified atom stereocenters. The number of hydrogen-bond acceptors (Lipinski definition) is 4. The van der Waals surface area contributed by atoms with Gasteiger partial charge in [0.2, 0.25) is 5.91 Å². The molecule has 0 fully saturated rings. The summed E-state index contributed by atoms with van der Waals surface area (Å²) in [5.41, 5.74) is 1.63. The number of benzene rings is 2. The van der Waals surface area contributed by atoms with Crippen LogP contribution in [0.5, 0.6) is 5.75 Å². The van der Waals surface area contributed by atoms with Gasteiger partial charge in [-0.2, -0.15) is 0 Å². The fraction of sp³-hybridized carbons (Fsp3) is 0.125. The summed E-state index contributed by atoms with van der Waals surface area (Å²) >= 11 is 7.67. The minimum absolute atomic E-state index is 0.0972. The van der Waals surface area contributed by atoms with E-state index in [1.54, 1.807) is 12.1 Å². The highest BCUT2D eigenvalue weighted by Crippen LogP contribution is 2.29. The van der Waals surface area contributed by atoms with Crippen LogP contribution in [-0.4, -0.2) is 10.9 Å². The Labute approximate surface area is 136 Å². The summed E-state index contributed by atoms with van der Waals surface area (Å²) in [6.45, 7) is 1.86. The fourth-order valence-electron chi connectivity index (χ4n) is 2.01. The summed E-state index contributed by atoms with van der Waals surface area (Å²) in [7, 11) is 0. The van der Waals surface area contributed by atoms with Crippen molar-refractivity contribution in [2.24, 2.45) is 0 Å². The van der Waals surface area contributed by atoms with Crippen molar-refractivity contribution in [3.63, 3.8) is 0 Å². The second-order valence-corrected chi connectivity index (χ2v) is 6.18. The van der Waals surface area contributed by atoms with Crippen LogP contribution in [0, 0.1) is 0 Å². The van der Waals surface area contributed by atoms with Gasteiger partial charge in [-0.25, -0.2) is 4.98 Å². The molecule has 1 aromatic heterocycles. The first-order valence-electron chi connectivity index (χ1n) is 6.66. The van der Waals surface area contributed by atoms with E-state index < -0.39 is 0 Å². The van der Waals surface area contributed by atoms with E-state index in [0.717, 1.165) is 26.7 Å². The van der Waals surface area contributed by atoms with Crippen LogP contribution in [0.25, 0.3) is 10.2 Å². The topological polar surface area (TPSA) is 51.2 Å². The summed E-state index contributed by atoms with van der Waals surface area (Å²) in [6.07, 6.45) is 0. The van der Waals surface area contributed by atoms with Gasteiger partial charge < -0.3 is 10.1 Å². The highest BCUT2D eigenvalue weighted by molar-refractivity contribution is 7.19. The Morgan fingerprint density at radius 1 is 1.27 bits per heavy atom. The molecule has 0 aliphatic carbocycles. The quantitative estimate of drug-likeness (QED) is 0.766. The predicted octanol–water partition coefficient (Wildman–Crippen LogP) is 4.49. The lowest BCUT2D eigenvalue weighted by molar-refractivity contribution is -0.114. The molecule has 3 rings (SSSR count). The fourth-order valence-corrected chi connectivity index (χ4v) is 3.17. The Balaban J connectivity index is 1.68. The number of anilines is 1. The van der Waals surface area contributed by atoms with Crippen LogP contribution in [0.4, 0.5) is 5.69 Å². The van der Waals surface area contributed by atoms with Crippen molar-refractivity contribution in [3.05, 3.63) is 52.5 Å². The Kier molecular flexibility index (Phi) is 4.27. The lowest BCUT2D eigenvalue weighted by atomic mass is 10.3. The molecule has 22 heavy (non-hydrogen) atoms. The third kappa shape index (κ3) is 3.37. The number of carbonyl (C=O) groups excluding carboxylic acids is 1. The molecule has 1 heterocycles. The second-order valence-electron chi connectivity index (χ2n) is 4.69. The number of thiazole rings is 1. The highest BCUT2D eigenvalue weighted by atomic mass is 35.5. The maximum atomic E-state index is 11.0. The molecule has 0 spiro atoms. The van der Waals surface area contributed by atoms with Gasteiger partial charge in [-0.15, -0.1) is 11.3 Å². The van der Waals surface area contributed by atoms with Crippen molar-refractivity contribution in [3.8, 4) is 5.75 Å². The zero-order chi connectivity index (χ0) is 15.5. The van der Waals surface area contributed by atoms with Gasteiger partial charge in [0.1, 0.15) is 17.4 Å². The largest absolute Gasteiger partial charge is 0.486 e. The molecule has 0 aliphatic heterocycles. The molecular weight excluding hydrogens is 320 g/mol. The van der Waals surface area contributed by atoms with Gasteiger partial charge in [0.05, 0.1) is 15.2 Å². The van der Waals surface area contributed by atoms with Gasteiger partial charge in [0.25, 0.3) is 0 Å². The van der Waals surface area contributed by atoms with Crippen molar-refractivity contribution < 1.29 is 9.53 Å². The predicted molar refractivity (Wildman–Crippen MR) is 89.7 cm³/mol. The number of aromatic nitrogens is 1. The number of hydrogen-bond donors (Lipinski definition) is 1. The first-order chi connectivity index (χ1) is 10.6. The van der Waals surface area contributed by atoms with Crippen molar-refractivity contribution in [1.29, 1.82) is 0 Å². The van der Waals surface area contributed by atoms with Gasteiger partial charge in [-0.3, -0.25) is 4.79 Å². The van der Waals surface area contributed by atoms with Crippen LogP contribution in [0.2, 0.25) is 5.02 Å². The molecular formula is C16H13ClN2O2S. The van der Waals surface area contributed by atoms with Crippen molar-refractivity contribution in [2.45, 2.75) is 13.5 Å². The standard InChI is InChI=1S/C16H13ClN2O2S/c1-10(20)18-11-5-7-12(8-6-11)21-9-15-19-14-4-2-3-13(17)16(14)22-15/h2-8H,9H2,1H3,(H,18,20). The van der Waals surface area contributed by atoms with E-state index in [-0.39, 0.29) is 5.91 Å². The van der Waals surface area contributed by atoms with Crippen LogP contribution in [0.15, 0.2) is 42.5 Å². The maximum Gasteiger partial charge on any atom is 0.221 e. The van der Waals surface area contributed by atoms with Gasteiger partial charge in [0, 0.05) is 12.6 Å². The SMILES string of the molecule is CC(=O)Nc1ccc(OCc2nc3cccc(Cl)c3s2)cc1. The van der Waals surface area contributed by atoms with Crippen LogP contribution in [0.1, 0.15) is 11.9 Å². The minimum Gasteiger partial charge on any atom is -0.486 e. The summed E-state index contributed by atoms with van der Waals surface area (Å²) in [5.74, 6) is 0.625. The highest BCUT2D eigenvalue weighted by Gasteiger charge is 2.07. The Hall–Kier alpha value is -2.11. The molecule has 1 amide bonds. The average molecular weight is 333 g/mol. The van der Waals surface area contributed by atoms with Crippen molar-refractivity contribution in [2.75, 3.05) is 5.32 Å². The van der Waals surface area contributed by atoms with Gasteiger partial charge in [-0.05, 0) is 36.4 Å². The molecule has 0 bridgehead atoms. The van der Waals surface area contributed by atoms with Crippen LogP contribution in [0.3, 0.4) is 0 Å². The van der Waals surface area contributed by atoms with Crippen molar-refractivity contribution in [1.82, 2.24) is 4.98 Å². The van der Waals surface area contributed by atoms with Gasteiger partial charge >= 0.3 is 0 Å². The number of carbonyl (C=O) groups is 1. The monoisotopic (exact) mass is 332 g/mol. The number of fused-ring (bicyclic) bond motifs is 1.